The van der Waals surface area contributed by atoms with E-state index in [1.54, 1.807) is 18.3 Å². The number of carbonyl (C=O) groups excluding carboxylic acids is 1. The Balaban J connectivity index is 1.38. The third kappa shape index (κ3) is 4.10. The Morgan fingerprint density at radius 3 is 2.62 bits per heavy atom. The second kappa shape index (κ2) is 7.83. The topological polar surface area (TPSA) is 79.8 Å². The SMILES string of the molecule is CC(Cc1ccccc1)C(=O)N1CCC(O)(Cn2cnn3cccc3c2=O)CC1. The maximum absolute atomic E-state index is 12.8. The van der Waals surface area contributed by atoms with Crippen LogP contribution in [-0.4, -0.2) is 48.8 Å². The fourth-order valence-electron chi connectivity index (χ4n) is 4.06. The predicted octanol–water partition coefficient (Wildman–Crippen LogP) is 1.73. The van der Waals surface area contributed by atoms with Crippen LogP contribution in [-0.2, 0) is 17.8 Å². The van der Waals surface area contributed by atoms with Crippen molar-refractivity contribution >= 4 is 11.4 Å². The van der Waals surface area contributed by atoms with Crippen LogP contribution in [0.4, 0.5) is 0 Å². The summed E-state index contributed by atoms with van der Waals surface area (Å²) in [6, 6.07) is 13.5. The van der Waals surface area contributed by atoms with Gasteiger partial charge in [-0.15, -0.1) is 0 Å². The molecule has 1 unspecified atom stereocenters. The van der Waals surface area contributed by atoms with Gasteiger partial charge in [-0.2, -0.15) is 5.10 Å². The highest BCUT2D eigenvalue weighted by Gasteiger charge is 2.35. The van der Waals surface area contributed by atoms with E-state index in [1.807, 2.05) is 42.2 Å². The van der Waals surface area contributed by atoms with Crippen LogP contribution in [0.2, 0.25) is 0 Å². The zero-order valence-electron chi connectivity index (χ0n) is 16.6. The van der Waals surface area contributed by atoms with E-state index in [1.165, 1.54) is 15.4 Å². The third-order valence-electron chi connectivity index (χ3n) is 5.80. The predicted molar refractivity (Wildman–Crippen MR) is 110 cm³/mol. The van der Waals surface area contributed by atoms with Crippen molar-refractivity contribution in [3.05, 3.63) is 70.9 Å². The molecule has 1 aliphatic rings. The molecule has 1 aromatic carbocycles. The quantitative estimate of drug-likeness (QED) is 0.715. The molecule has 0 saturated carbocycles. The number of hydrogen-bond acceptors (Lipinski definition) is 4. The molecule has 0 bridgehead atoms. The summed E-state index contributed by atoms with van der Waals surface area (Å²) >= 11 is 0. The first-order valence-corrected chi connectivity index (χ1v) is 10.0. The fourth-order valence-corrected chi connectivity index (χ4v) is 4.06. The van der Waals surface area contributed by atoms with Crippen molar-refractivity contribution in [2.75, 3.05) is 13.1 Å². The molecule has 1 saturated heterocycles. The van der Waals surface area contributed by atoms with Crippen molar-refractivity contribution in [3.8, 4) is 0 Å². The lowest BCUT2D eigenvalue weighted by Crippen LogP contribution is -2.50. The van der Waals surface area contributed by atoms with Gasteiger partial charge in [-0.05, 0) is 37.0 Å². The standard InChI is InChI=1S/C22H26N4O3/c1-17(14-18-6-3-2-4-7-18)20(27)24-12-9-22(29,10-13-24)15-25-16-23-26-11-5-8-19(26)21(25)28/h2-8,11,16-17,29H,9-10,12-15H2,1H3. The molecule has 3 heterocycles. The Hall–Kier alpha value is -2.93. The number of rotatable bonds is 5. The molecule has 152 valence electrons. The Morgan fingerprint density at radius 1 is 1.17 bits per heavy atom. The number of amides is 1. The molecule has 7 heteroatoms. The van der Waals surface area contributed by atoms with Crippen LogP contribution in [0.3, 0.4) is 0 Å². The average molecular weight is 394 g/mol. The van der Waals surface area contributed by atoms with E-state index in [0.29, 0.717) is 37.9 Å². The lowest BCUT2D eigenvalue weighted by atomic mass is 9.90. The van der Waals surface area contributed by atoms with Crippen molar-refractivity contribution in [2.24, 2.45) is 5.92 Å². The summed E-state index contributed by atoms with van der Waals surface area (Å²) in [7, 11) is 0. The fraction of sp³-hybridized carbons (Fsp3) is 0.409. The van der Waals surface area contributed by atoms with Crippen molar-refractivity contribution in [3.63, 3.8) is 0 Å². The minimum Gasteiger partial charge on any atom is -0.388 e. The lowest BCUT2D eigenvalue weighted by Gasteiger charge is -2.39. The average Bonchev–Trinajstić information content (AvgIpc) is 3.20. The summed E-state index contributed by atoms with van der Waals surface area (Å²) in [6.45, 7) is 3.12. The molecule has 2 aromatic heterocycles. The molecule has 1 N–H and O–H groups in total. The summed E-state index contributed by atoms with van der Waals surface area (Å²) in [6.07, 6.45) is 4.77. The maximum atomic E-state index is 12.8. The molecule has 1 atom stereocenters. The zero-order chi connectivity index (χ0) is 20.4. The van der Waals surface area contributed by atoms with E-state index < -0.39 is 5.60 Å². The van der Waals surface area contributed by atoms with Gasteiger partial charge in [0.2, 0.25) is 5.91 Å². The van der Waals surface area contributed by atoms with Gasteiger partial charge < -0.3 is 10.0 Å². The number of fused-ring (bicyclic) bond motifs is 1. The summed E-state index contributed by atoms with van der Waals surface area (Å²) in [5.41, 5.74) is 0.442. The van der Waals surface area contributed by atoms with Gasteiger partial charge in [0.05, 0.1) is 12.1 Å². The molecule has 0 aliphatic carbocycles. The first-order valence-electron chi connectivity index (χ1n) is 10.0. The summed E-state index contributed by atoms with van der Waals surface area (Å²) in [4.78, 5) is 27.2. The molecule has 4 rings (SSSR count). The minimum atomic E-state index is -1.02. The first-order chi connectivity index (χ1) is 14.0. The molecule has 3 aromatic rings. The van der Waals surface area contributed by atoms with Gasteiger partial charge in [-0.25, -0.2) is 4.52 Å². The van der Waals surface area contributed by atoms with E-state index in [9.17, 15) is 14.7 Å². The number of carbonyl (C=O) groups is 1. The Kier molecular flexibility index (Phi) is 5.24. The van der Waals surface area contributed by atoms with Gasteiger partial charge in [0.15, 0.2) is 0 Å². The van der Waals surface area contributed by atoms with Crippen LogP contribution in [0.25, 0.3) is 5.52 Å². The molecular formula is C22H26N4O3. The number of nitrogens with zero attached hydrogens (tertiary/aromatic N) is 4. The number of aromatic nitrogens is 3. The number of hydrogen-bond donors (Lipinski definition) is 1. The van der Waals surface area contributed by atoms with Crippen LogP contribution >= 0.6 is 0 Å². The van der Waals surface area contributed by atoms with Gasteiger partial charge in [0, 0.05) is 25.2 Å². The number of likely N-dealkylation sites (tertiary alicyclic amines) is 1. The smallest absolute Gasteiger partial charge is 0.277 e. The minimum absolute atomic E-state index is 0.104. The Morgan fingerprint density at radius 2 is 1.90 bits per heavy atom. The molecule has 1 fully saturated rings. The van der Waals surface area contributed by atoms with Gasteiger partial charge in [0.1, 0.15) is 11.8 Å². The normalized spacial score (nSPS) is 17.4. The van der Waals surface area contributed by atoms with Gasteiger partial charge in [0.25, 0.3) is 5.56 Å². The third-order valence-corrected chi connectivity index (χ3v) is 5.80. The molecule has 0 spiro atoms. The second-order valence-electron chi connectivity index (χ2n) is 8.04. The van der Waals surface area contributed by atoms with Crippen molar-refractivity contribution in [1.29, 1.82) is 0 Å². The van der Waals surface area contributed by atoms with Crippen LogP contribution in [0, 0.1) is 5.92 Å². The van der Waals surface area contributed by atoms with E-state index >= 15 is 0 Å². The van der Waals surface area contributed by atoms with Crippen molar-refractivity contribution in [2.45, 2.75) is 38.3 Å². The van der Waals surface area contributed by atoms with E-state index in [0.717, 1.165) is 5.56 Å². The van der Waals surface area contributed by atoms with Gasteiger partial charge in [-0.3, -0.25) is 14.2 Å². The molecular weight excluding hydrogens is 368 g/mol. The molecule has 29 heavy (non-hydrogen) atoms. The Labute approximate surface area is 169 Å². The highest BCUT2D eigenvalue weighted by molar-refractivity contribution is 5.79. The summed E-state index contributed by atoms with van der Waals surface area (Å²) in [5, 5.41) is 15.2. The maximum Gasteiger partial charge on any atom is 0.277 e. The van der Waals surface area contributed by atoms with Crippen LogP contribution in [0.1, 0.15) is 25.3 Å². The highest BCUT2D eigenvalue weighted by Crippen LogP contribution is 2.25. The summed E-state index contributed by atoms with van der Waals surface area (Å²) < 4.78 is 2.99. The van der Waals surface area contributed by atoms with Crippen LogP contribution < -0.4 is 5.56 Å². The zero-order valence-corrected chi connectivity index (χ0v) is 16.6. The number of aliphatic hydroxyl groups is 1. The molecule has 0 radical (unpaired) electrons. The van der Waals surface area contributed by atoms with E-state index in [-0.39, 0.29) is 23.9 Å². The number of piperidine rings is 1. The van der Waals surface area contributed by atoms with E-state index in [4.69, 9.17) is 0 Å². The largest absolute Gasteiger partial charge is 0.388 e. The molecule has 7 nitrogen and oxygen atoms in total. The summed E-state index contributed by atoms with van der Waals surface area (Å²) in [5.74, 6) is 0.0107. The van der Waals surface area contributed by atoms with Crippen LogP contribution in [0.5, 0.6) is 0 Å². The van der Waals surface area contributed by atoms with E-state index in [2.05, 4.69) is 5.10 Å². The van der Waals surface area contributed by atoms with Crippen molar-refractivity contribution < 1.29 is 9.90 Å². The van der Waals surface area contributed by atoms with Gasteiger partial charge in [-0.1, -0.05) is 37.3 Å². The van der Waals surface area contributed by atoms with Crippen LogP contribution in [0.15, 0.2) is 59.8 Å². The van der Waals surface area contributed by atoms with Gasteiger partial charge >= 0.3 is 0 Å². The number of benzene rings is 1. The monoisotopic (exact) mass is 394 g/mol. The lowest BCUT2D eigenvalue weighted by molar-refractivity contribution is -0.139. The van der Waals surface area contributed by atoms with Crippen molar-refractivity contribution in [1.82, 2.24) is 19.1 Å². The molecule has 1 amide bonds. The Bertz CT molecular complexity index is 1050. The molecule has 1 aliphatic heterocycles. The second-order valence-corrected chi connectivity index (χ2v) is 8.04. The highest BCUT2D eigenvalue weighted by atomic mass is 16.3. The first kappa shape index (κ1) is 19.4.